The number of anilines is 1. The Morgan fingerprint density at radius 3 is 2.20 bits per heavy atom. The highest BCUT2D eigenvalue weighted by atomic mass is 79.9. The Morgan fingerprint density at radius 2 is 1.60 bits per heavy atom. The molecule has 0 aliphatic carbocycles. The summed E-state index contributed by atoms with van der Waals surface area (Å²) in [5.74, 6) is -1.58. The summed E-state index contributed by atoms with van der Waals surface area (Å²) in [6, 6.07) is 5.79. The first-order valence-corrected chi connectivity index (χ1v) is 6.60. The predicted octanol–water partition coefficient (Wildman–Crippen LogP) is 4.31. The number of benzene rings is 2. The van der Waals surface area contributed by atoms with Gasteiger partial charge >= 0.3 is 0 Å². The van der Waals surface area contributed by atoms with Gasteiger partial charge < -0.3 is 15.5 Å². The molecule has 0 aromatic heterocycles. The van der Waals surface area contributed by atoms with Crippen LogP contribution in [0.2, 0.25) is 0 Å². The van der Waals surface area contributed by atoms with Gasteiger partial charge in [-0.3, -0.25) is 0 Å². The van der Waals surface area contributed by atoms with Gasteiger partial charge in [0.25, 0.3) is 0 Å². The van der Waals surface area contributed by atoms with E-state index in [9.17, 15) is 19.0 Å². The van der Waals surface area contributed by atoms with Crippen molar-refractivity contribution < 1.29 is 19.0 Å². The van der Waals surface area contributed by atoms with E-state index in [1.165, 1.54) is 24.3 Å². The van der Waals surface area contributed by atoms with E-state index < -0.39 is 11.6 Å². The number of hydrogen-bond donors (Lipinski definition) is 3. The summed E-state index contributed by atoms with van der Waals surface area (Å²) in [6.45, 7) is 1.73. The lowest BCUT2D eigenvalue weighted by Crippen LogP contribution is -2.08. The third-order valence-corrected chi connectivity index (χ3v) is 3.41. The highest BCUT2D eigenvalue weighted by Gasteiger charge is 2.13. The first kappa shape index (κ1) is 14.6. The lowest BCUT2D eigenvalue weighted by atomic mass is 10.1. The molecule has 6 heteroatoms. The lowest BCUT2D eigenvalue weighted by Gasteiger charge is -2.17. The van der Waals surface area contributed by atoms with Crippen LogP contribution in [0.25, 0.3) is 0 Å². The molecule has 0 aliphatic heterocycles. The normalized spacial score (nSPS) is 12.2. The third kappa shape index (κ3) is 3.19. The van der Waals surface area contributed by atoms with Crippen molar-refractivity contribution >= 4 is 21.6 Å². The molecule has 2 aromatic rings. The number of hydrogen-bond acceptors (Lipinski definition) is 3. The van der Waals surface area contributed by atoms with Gasteiger partial charge in [-0.25, -0.2) is 8.78 Å². The van der Waals surface area contributed by atoms with Crippen molar-refractivity contribution in [3.8, 4) is 11.5 Å². The second-order valence-corrected chi connectivity index (χ2v) is 5.25. The van der Waals surface area contributed by atoms with Crippen molar-refractivity contribution in [3.63, 3.8) is 0 Å². The summed E-state index contributed by atoms with van der Waals surface area (Å²) in [4.78, 5) is 0. The Kier molecular flexibility index (Phi) is 4.13. The van der Waals surface area contributed by atoms with Gasteiger partial charge in [0, 0.05) is 18.2 Å². The second-order valence-electron chi connectivity index (χ2n) is 4.39. The van der Waals surface area contributed by atoms with Crippen LogP contribution in [0, 0.1) is 11.6 Å². The molecule has 106 valence electrons. The molecule has 0 bridgehead atoms. The standard InChI is InChI=1S/C14H12BrF2NO2/c1-7(8-2-9(19)4-10(20)3-8)18-14-5-11(15)12(16)6-13(14)17/h2-7,18-20H,1H3. The fraction of sp³-hybridized carbons (Fsp3) is 0.143. The van der Waals surface area contributed by atoms with E-state index in [2.05, 4.69) is 21.2 Å². The fourth-order valence-electron chi connectivity index (χ4n) is 1.82. The summed E-state index contributed by atoms with van der Waals surface area (Å²) in [5, 5.41) is 21.7. The summed E-state index contributed by atoms with van der Waals surface area (Å²) in [6.07, 6.45) is 0. The van der Waals surface area contributed by atoms with Crippen molar-refractivity contribution in [3.05, 3.63) is 52.0 Å². The van der Waals surface area contributed by atoms with Gasteiger partial charge in [-0.1, -0.05) is 0 Å². The molecule has 0 spiro atoms. The van der Waals surface area contributed by atoms with Crippen LogP contribution in [0.15, 0.2) is 34.8 Å². The molecule has 0 heterocycles. The number of nitrogens with one attached hydrogen (secondary N) is 1. The average Bonchev–Trinajstić information content (AvgIpc) is 2.34. The minimum Gasteiger partial charge on any atom is -0.508 e. The number of aromatic hydroxyl groups is 2. The maximum Gasteiger partial charge on any atom is 0.149 e. The molecule has 0 aliphatic rings. The summed E-state index contributed by atoms with van der Waals surface area (Å²) < 4.78 is 26.9. The van der Waals surface area contributed by atoms with Gasteiger partial charge in [0.2, 0.25) is 0 Å². The molecule has 0 amide bonds. The van der Waals surface area contributed by atoms with Gasteiger partial charge in [-0.2, -0.15) is 0 Å². The van der Waals surface area contributed by atoms with Gasteiger partial charge in [-0.05, 0) is 46.6 Å². The van der Waals surface area contributed by atoms with E-state index >= 15 is 0 Å². The van der Waals surface area contributed by atoms with Crippen LogP contribution in [0.1, 0.15) is 18.5 Å². The van der Waals surface area contributed by atoms with E-state index in [-0.39, 0.29) is 27.7 Å². The van der Waals surface area contributed by atoms with Crippen LogP contribution in [0.3, 0.4) is 0 Å². The molecule has 2 aromatic carbocycles. The highest BCUT2D eigenvalue weighted by molar-refractivity contribution is 9.10. The van der Waals surface area contributed by atoms with E-state index in [1.54, 1.807) is 6.92 Å². The maximum absolute atomic E-state index is 13.6. The first-order chi connectivity index (χ1) is 9.36. The molecule has 0 fully saturated rings. The second kappa shape index (κ2) is 5.66. The molecule has 0 saturated carbocycles. The SMILES string of the molecule is CC(Nc1cc(Br)c(F)cc1F)c1cc(O)cc(O)c1. The Morgan fingerprint density at radius 1 is 1.00 bits per heavy atom. The lowest BCUT2D eigenvalue weighted by molar-refractivity contribution is 0.448. The zero-order valence-corrected chi connectivity index (χ0v) is 12.1. The first-order valence-electron chi connectivity index (χ1n) is 5.81. The molecule has 2 rings (SSSR count). The zero-order valence-electron chi connectivity index (χ0n) is 10.5. The third-order valence-electron chi connectivity index (χ3n) is 2.81. The maximum atomic E-state index is 13.6. The molecule has 0 saturated heterocycles. The van der Waals surface area contributed by atoms with E-state index in [0.29, 0.717) is 5.56 Å². The molecule has 0 radical (unpaired) electrons. The van der Waals surface area contributed by atoms with Crippen LogP contribution in [-0.2, 0) is 0 Å². The quantitative estimate of drug-likeness (QED) is 0.728. The van der Waals surface area contributed by atoms with E-state index in [4.69, 9.17) is 0 Å². The van der Waals surface area contributed by atoms with Crippen molar-refractivity contribution in [1.29, 1.82) is 0 Å². The van der Waals surface area contributed by atoms with E-state index in [0.717, 1.165) is 6.07 Å². The minimum absolute atomic E-state index is 0.0885. The minimum atomic E-state index is -0.720. The summed E-state index contributed by atoms with van der Waals surface area (Å²) >= 11 is 2.99. The summed E-state index contributed by atoms with van der Waals surface area (Å²) in [5.41, 5.74) is 0.691. The monoisotopic (exact) mass is 343 g/mol. The highest BCUT2D eigenvalue weighted by Crippen LogP contribution is 2.30. The number of rotatable bonds is 3. The summed E-state index contributed by atoms with van der Waals surface area (Å²) in [7, 11) is 0. The Labute approximate surface area is 123 Å². The van der Waals surface area contributed by atoms with Crippen LogP contribution in [0.4, 0.5) is 14.5 Å². The van der Waals surface area contributed by atoms with Crippen molar-refractivity contribution in [2.45, 2.75) is 13.0 Å². The predicted molar refractivity (Wildman–Crippen MR) is 75.9 cm³/mol. The van der Waals surface area contributed by atoms with Crippen LogP contribution < -0.4 is 5.32 Å². The Hall–Kier alpha value is -1.82. The smallest absolute Gasteiger partial charge is 0.149 e. The average molecular weight is 344 g/mol. The van der Waals surface area contributed by atoms with Crippen LogP contribution >= 0.6 is 15.9 Å². The largest absolute Gasteiger partial charge is 0.508 e. The van der Waals surface area contributed by atoms with E-state index in [1.807, 2.05) is 0 Å². The molecule has 1 unspecified atom stereocenters. The number of halogens is 3. The molecular formula is C14H12BrF2NO2. The van der Waals surface area contributed by atoms with Crippen LogP contribution in [0.5, 0.6) is 11.5 Å². The molecule has 1 atom stereocenters. The van der Waals surface area contributed by atoms with Crippen molar-refractivity contribution in [2.24, 2.45) is 0 Å². The van der Waals surface area contributed by atoms with Crippen molar-refractivity contribution in [2.75, 3.05) is 5.32 Å². The van der Waals surface area contributed by atoms with Gasteiger partial charge in [0.05, 0.1) is 10.2 Å². The van der Waals surface area contributed by atoms with Crippen LogP contribution in [-0.4, -0.2) is 10.2 Å². The Bertz CT molecular complexity index is 629. The molecule has 20 heavy (non-hydrogen) atoms. The molecule has 3 nitrogen and oxygen atoms in total. The topological polar surface area (TPSA) is 52.5 Å². The van der Waals surface area contributed by atoms with Gasteiger partial charge in [0.1, 0.15) is 23.1 Å². The van der Waals surface area contributed by atoms with Crippen molar-refractivity contribution in [1.82, 2.24) is 0 Å². The Balaban J connectivity index is 2.27. The molecular weight excluding hydrogens is 332 g/mol. The molecule has 3 N–H and O–H groups in total. The number of phenols is 2. The van der Waals surface area contributed by atoms with Gasteiger partial charge in [-0.15, -0.1) is 0 Å². The number of phenolic OH excluding ortho intramolecular Hbond substituents is 2. The van der Waals surface area contributed by atoms with Gasteiger partial charge in [0.15, 0.2) is 0 Å². The fourth-order valence-corrected chi connectivity index (χ4v) is 2.16. The zero-order chi connectivity index (χ0) is 14.9.